The molecule has 1 aliphatic rings. The van der Waals surface area contributed by atoms with Gasteiger partial charge in [0.1, 0.15) is 6.54 Å². The van der Waals surface area contributed by atoms with Gasteiger partial charge in [0.15, 0.2) is 0 Å². The van der Waals surface area contributed by atoms with Crippen molar-refractivity contribution in [2.75, 3.05) is 11.9 Å². The molecule has 1 atom stereocenters. The summed E-state index contributed by atoms with van der Waals surface area (Å²) in [6.45, 7) is -0.0906. The first kappa shape index (κ1) is 19.5. The summed E-state index contributed by atoms with van der Waals surface area (Å²) in [7, 11) is 0. The van der Waals surface area contributed by atoms with Crippen LogP contribution >= 0.6 is 50.5 Å². The fourth-order valence-corrected chi connectivity index (χ4v) is 4.96. The van der Waals surface area contributed by atoms with Gasteiger partial charge in [-0.1, -0.05) is 45.2 Å². The van der Waals surface area contributed by atoms with Gasteiger partial charge in [-0.05, 0) is 47.8 Å². The second-order valence-electron chi connectivity index (χ2n) is 6.25. The Hall–Kier alpha value is -1.86. The van der Waals surface area contributed by atoms with Crippen molar-refractivity contribution >= 4 is 68.0 Å². The Morgan fingerprint density at radius 2 is 2.00 bits per heavy atom. The maximum atomic E-state index is 13.4. The molecule has 0 aliphatic carbocycles. The lowest BCUT2D eigenvalue weighted by molar-refractivity contribution is -0.117. The number of benzene rings is 2. The van der Waals surface area contributed by atoms with Crippen LogP contribution in [-0.2, 0) is 4.79 Å². The summed E-state index contributed by atoms with van der Waals surface area (Å²) in [5, 5.41) is 5.54. The molecule has 28 heavy (non-hydrogen) atoms. The number of anilines is 1. The Labute approximate surface area is 184 Å². The van der Waals surface area contributed by atoms with Gasteiger partial charge in [0.25, 0.3) is 5.91 Å². The molecule has 2 aromatic carbocycles. The number of thiophene rings is 1. The summed E-state index contributed by atoms with van der Waals surface area (Å²) in [5.41, 5.74) is 1.82. The van der Waals surface area contributed by atoms with E-state index in [2.05, 4.69) is 21.2 Å². The van der Waals surface area contributed by atoms with Crippen LogP contribution in [0.2, 0.25) is 10.0 Å². The van der Waals surface area contributed by atoms with E-state index in [9.17, 15) is 9.59 Å². The minimum Gasteiger partial charge on any atom is -0.324 e. The van der Waals surface area contributed by atoms with Gasteiger partial charge in [-0.3, -0.25) is 9.59 Å². The number of nitrogens with zero attached hydrogens (tertiary/aromatic N) is 1. The molecule has 1 unspecified atom stereocenters. The van der Waals surface area contributed by atoms with Crippen LogP contribution in [0.1, 0.15) is 26.8 Å². The van der Waals surface area contributed by atoms with E-state index in [4.69, 9.17) is 23.2 Å². The number of carbonyl (C=O) groups excluding carboxylic acids is 2. The first-order valence-electron chi connectivity index (χ1n) is 8.33. The molecule has 2 amide bonds. The highest BCUT2D eigenvalue weighted by molar-refractivity contribution is 9.10. The highest BCUT2D eigenvalue weighted by Gasteiger charge is 2.35. The molecule has 1 N–H and O–H groups in total. The van der Waals surface area contributed by atoms with E-state index in [0.717, 1.165) is 14.9 Å². The molecule has 8 heteroatoms. The molecule has 0 saturated carbocycles. The van der Waals surface area contributed by atoms with Gasteiger partial charge in [0, 0.05) is 25.6 Å². The number of nitrogens with one attached hydrogen (secondary N) is 1. The maximum absolute atomic E-state index is 13.4. The molecule has 1 aromatic heterocycles. The molecule has 1 aliphatic heterocycles. The third-order valence-corrected chi connectivity index (χ3v) is 6.41. The minimum absolute atomic E-state index is 0.0906. The Balaban J connectivity index is 1.88. The molecular weight excluding hydrogens is 483 g/mol. The lowest BCUT2D eigenvalue weighted by atomic mass is 10.0. The van der Waals surface area contributed by atoms with Gasteiger partial charge >= 0.3 is 0 Å². The molecule has 0 bridgehead atoms. The number of rotatable bonds is 2. The zero-order valence-electron chi connectivity index (χ0n) is 14.3. The summed E-state index contributed by atoms with van der Waals surface area (Å²) in [5.74, 6) is -0.593. The number of carbonyl (C=O) groups is 2. The van der Waals surface area contributed by atoms with Crippen molar-refractivity contribution in [3.63, 3.8) is 0 Å². The van der Waals surface area contributed by atoms with E-state index in [1.54, 1.807) is 17.0 Å². The van der Waals surface area contributed by atoms with Gasteiger partial charge in [0.2, 0.25) is 5.91 Å². The molecule has 3 aromatic rings. The van der Waals surface area contributed by atoms with E-state index < -0.39 is 6.04 Å². The van der Waals surface area contributed by atoms with Crippen LogP contribution in [0.25, 0.3) is 0 Å². The molecule has 4 nitrogen and oxygen atoms in total. The average molecular weight is 496 g/mol. The largest absolute Gasteiger partial charge is 0.324 e. The smallest absolute Gasteiger partial charge is 0.256 e. The van der Waals surface area contributed by atoms with Crippen molar-refractivity contribution in [1.29, 1.82) is 0 Å². The molecule has 2 heterocycles. The molecule has 0 radical (unpaired) electrons. The highest BCUT2D eigenvalue weighted by Crippen LogP contribution is 2.40. The quantitative estimate of drug-likeness (QED) is 0.473. The summed E-state index contributed by atoms with van der Waals surface area (Å²) < 4.78 is 0.862. The van der Waals surface area contributed by atoms with Crippen LogP contribution in [0, 0.1) is 0 Å². The molecule has 0 spiro atoms. The van der Waals surface area contributed by atoms with E-state index in [0.29, 0.717) is 16.3 Å². The van der Waals surface area contributed by atoms with Crippen molar-refractivity contribution in [2.24, 2.45) is 0 Å². The minimum atomic E-state index is -0.425. The third kappa shape index (κ3) is 3.70. The predicted molar refractivity (Wildman–Crippen MR) is 116 cm³/mol. The normalized spacial score (nSPS) is 16.3. The van der Waals surface area contributed by atoms with Gasteiger partial charge < -0.3 is 10.2 Å². The maximum Gasteiger partial charge on any atom is 0.256 e. The van der Waals surface area contributed by atoms with Crippen molar-refractivity contribution in [2.45, 2.75) is 6.04 Å². The van der Waals surface area contributed by atoms with Gasteiger partial charge in [-0.25, -0.2) is 0 Å². The standard InChI is InChI=1S/C20H13BrCl2N2O2S/c21-11-3-6-16-14(8-11)19(17-2-1-7-28-17)25(10-18(26)24-16)20(27)13-5-4-12(22)9-15(13)23/h1-9,19H,10H2,(H,24,26). The molecule has 0 fully saturated rings. The fraction of sp³-hybridized carbons (Fsp3) is 0.100. The van der Waals surface area contributed by atoms with Crippen molar-refractivity contribution in [3.05, 3.63) is 84.4 Å². The number of hydrogen-bond acceptors (Lipinski definition) is 3. The zero-order chi connectivity index (χ0) is 19.8. The fourth-order valence-electron chi connectivity index (χ4n) is 3.24. The van der Waals surface area contributed by atoms with Crippen LogP contribution in [0.15, 0.2) is 58.4 Å². The van der Waals surface area contributed by atoms with Crippen molar-refractivity contribution in [1.82, 2.24) is 4.90 Å². The second-order valence-corrected chi connectivity index (χ2v) is 8.99. The number of fused-ring (bicyclic) bond motifs is 1. The van der Waals surface area contributed by atoms with Crippen molar-refractivity contribution < 1.29 is 9.59 Å². The first-order chi connectivity index (χ1) is 13.4. The molecule has 142 valence electrons. The zero-order valence-corrected chi connectivity index (χ0v) is 18.2. The lowest BCUT2D eigenvalue weighted by Crippen LogP contribution is -2.38. The highest BCUT2D eigenvalue weighted by atomic mass is 79.9. The van der Waals surface area contributed by atoms with E-state index in [1.807, 2.05) is 35.7 Å². The average Bonchev–Trinajstić information content (AvgIpc) is 3.12. The Morgan fingerprint density at radius 1 is 1.18 bits per heavy atom. The number of halogens is 3. The van der Waals surface area contributed by atoms with E-state index in [1.165, 1.54) is 17.4 Å². The molecule has 4 rings (SSSR count). The summed E-state index contributed by atoms with van der Waals surface area (Å²) in [6.07, 6.45) is 0. The van der Waals surface area contributed by atoms with Crippen LogP contribution in [0.3, 0.4) is 0 Å². The van der Waals surface area contributed by atoms with Crippen LogP contribution in [0.5, 0.6) is 0 Å². The summed E-state index contributed by atoms with van der Waals surface area (Å²) in [6, 6.07) is 13.8. The summed E-state index contributed by atoms with van der Waals surface area (Å²) in [4.78, 5) is 28.5. The summed E-state index contributed by atoms with van der Waals surface area (Å²) >= 11 is 17.3. The second kappa shape index (κ2) is 7.87. The van der Waals surface area contributed by atoms with Crippen LogP contribution in [-0.4, -0.2) is 23.3 Å². The van der Waals surface area contributed by atoms with E-state index in [-0.39, 0.29) is 23.4 Å². The first-order valence-corrected chi connectivity index (χ1v) is 10.8. The predicted octanol–water partition coefficient (Wildman–Crippen LogP) is 6.00. The number of amides is 2. The third-order valence-electron chi connectivity index (χ3n) is 4.44. The number of hydrogen-bond donors (Lipinski definition) is 1. The van der Waals surface area contributed by atoms with E-state index >= 15 is 0 Å². The lowest BCUT2D eigenvalue weighted by Gasteiger charge is -2.30. The van der Waals surface area contributed by atoms with Crippen LogP contribution < -0.4 is 5.32 Å². The molecule has 0 saturated heterocycles. The Kier molecular flexibility index (Phi) is 5.47. The molecular formula is C20H13BrCl2N2O2S. The van der Waals surface area contributed by atoms with Gasteiger partial charge in [-0.15, -0.1) is 11.3 Å². The van der Waals surface area contributed by atoms with Crippen LogP contribution in [0.4, 0.5) is 5.69 Å². The van der Waals surface area contributed by atoms with Crippen molar-refractivity contribution in [3.8, 4) is 0 Å². The SMILES string of the molecule is O=C1CN(C(=O)c2ccc(Cl)cc2Cl)C(c2cccs2)c2cc(Br)ccc2N1. The Morgan fingerprint density at radius 3 is 2.71 bits per heavy atom. The monoisotopic (exact) mass is 494 g/mol. The topological polar surface area (TPSA) is 49.4 Å². The van der Waals surface area contributed by atoms with Gasteiger partial charge in [-0.2, -0.15) is 0 Å². The van der Waals surface area contributed by atoms with Gasteiger partial charge in [0.05, 0.1) is 16.6 Å². The Bertz CT molecular complexity index is 1070.